The summed E-state index contributed by atoms with van der Waals surface area (Å²) in [5, 5.41) is 8.71. The highest BCUT2D eigenvalue weighted by Gasteiger charge is 2.22. The standard InChI is InChI=1S/C8H15NO2/c1-4-11-8(2,7-9)5-6-10-3/h4-6H2,1-3H3. The average molecular weight is 157 g/mol. The van der Waals surface area contributed by atoms with Crippen molar-refractivity contribution in [3.8, 4) is 6.07 Å². The normalized spacial score (nSPS) is 15.5. The molecule has 0 rings (SSSR count). The number of hydrogen-bond acceptors (Lipinski definition) is 3. The lowest BCUT2D eigenvalue weighted by molar-refractivity contribution is -0.00267. The van der Waals surface area contributed by atoms with Gasteiger partial charge in [-0.1, -0.05) is 0 Å². The van der Waals surface area contributed by atoms with E-state index >= 15 is 0 Å². The number of rotatable bonds is 5. The molecule has 0 heterocycles. The summed E-state index contributed by atoms with van der Waals surface area (Å²) in [6.07, 6.45) is 0.619. The maximum atomic E-state index is 8.71. The number of methoxy groups -OCH3 is 1. The first-order valence-corrected chi connectivity index (χ1v) is 3.72. The van der Waals surface area contributed by atoms with Crippen LogP contribution in [-0.2, 0) is 9.47 Å². The van der Waals surface area contributed by atoms with Gasteiger partial charge in [0.1, 0.15) is 0 Å². The Morgan fingerprint density at radius 1 is 1.55 bits per heavy atom. The van der Waals surface area contributed by atoms with Crippen molar-refractivity contribution in [3.05, 3.63) is 0 Å². The molecule has 1 unspecified atom stereocenters. The van der Waals surface area contributed by atoms with Crippen LogP contribution in [0, 0.1) is 11.3 Å². The van der Waals surface area contributed by atoms with Gasteiger partial charge in [-0.25, -0.2) is 0 Å². The van der Waals surface area contributed by atoms with E-state index < -0.39 is 5.60 Å². The van der Waals surface area contributed by atoms with E-state index in [1.165, 1.54) is 0 Å². The van der Waals surface area contributed by atoms with E-state index in [4.69, 9.17) is 14.7 Å². The molecule has 0 aromatic rings. The molecule has 0 saturated carbocycles. The van der Waals surface area contributed by atoms with Gasteiger partial charge in [0.05, 0.1) is 6.07 Å². The van der Waals surface area contributed by atoms with Gasteiger partial charge in [-0.3, -0.25) is 0 Å². The Bertz CT molecular complexity index is 142. The van der Waals surface area contributed by atoms with E-state index in [2.05, 4.69) is 6.07 Å². The Morgan fingerprint density at radius 3 is 2.55 bits per heavy atom. The van der Waals surface area contributed by atoms with Crippen molar-refractivity contribution in [3.63, 3.8) is 0 Å². The zero-order valence-electron chi connectivity index (χ0n) is 7.39. The molecule has 0 aliphatic heterocycles. The molecular weight excluding hydrogens is 142 g/mol. The van der Waals surface area contributed by atoms with Crippen molar-refractivity contribution in [1.82, 2.24) is 0 Å². The first kappa shape index (κ1) is 10.4. The van der Waals surface area contributed by atoms with E-state index in [-0.39, 0.29) is 0 Å². The molecule has 0 saturated heterocycles. The Labute approximate surface area is 67.9 Å². The predicted molar refractivity (Wildman–Crippen MR) is 42.1 cm³/mol. The number of nitrogens with zero attached hydrogens (tertiary/aromatic N) is 1. The molecule has 0 aromatic carbocycles. The van der Waals surface area contributed by atoms with Crippen LogP contribution in [0.4, 0.5) is 0 Å². The summed E-state index contributed by atoms with van der Waals surface area (Å²) >= 11 is 0. The van der Waals surface area contributed by atoms with Crippen molar-refractivity contribution in [1.29, 1.82) is 5.26 Å². The second kappa shape index (κ2) is 5.11. The van der Waals surface area contributed by atoms with Crippen LogP contribution in [-0.4, -0.2) is 25.9 Å². The van der Waals surface area contributed by atoms with Gasteiger partial charge in [0.2, 0.25) is 0 Å². The smallest absolute Gasteiger partial charge is 0.153 e. The van der Waals surface area contributed by atoms with Gasteiger partial charge in [0.25, 0.3) is 0 Å². The molecule has 0 aromatic heterocycles. The summed E-state index contributed by atoms with van der Waals surface area (Å²) in [6.45, 7) is 4.77. The van der Waals surface area contributed by atoms with Gasteiger partial charge >= 0.3 is 0 Å². The number of nitriles is 1. The minimum absolute atomic E-state index is 0.560. The lowest BCUT2D eigenvalue weighted by Crippen LogP contribution is -2.28. The summed E-state index contributed by atoms with van der Waals surface area (Å²) in [5.74, 6) is 0. The highest BCUT2D eigenvalue weighted by molar-refractivity contribution is 4.97. The highest BCUT2D eigenvalue weighted by Crippen LogP contribution is 2.13. The topological polar surface area (TPSA) is 42.2 Å². The molecule has 0 aliphatic rings. The van der Waals surface area contributed by atoms with Crippen LogP contribution < -0.4 is 0 Å². The van der Waals surface area contributed by atoms with E-state index in [0.29, 0.717) is 19.6 Å². The summed E-state index contributed by atoms with van der Waals surface area (Å²) in [7, 11) is 1.61. The molecule has 11 heavy (non-hydrogen) atoms. The average Bonchev–Trinajstić information content (AvgIpc) is 2.02. The lowest BCUT2D eigenvalue weighted by atomic mass is 10.1. The molecule has 3 nitrogen and oxygen atoms in total. The second-order valence-electron chi connectivity index (χ2n) is 2.52. The first-order chi connectivity index (χ1) is 5.18. The molecule has 3 heteroatoms. The molecule has 0 spiro atoms. The van der Waals surface area contributed by atoms with Crippen molar-refractivity contribution in [2.45, 2.75) is 25.9 Å². The number of ether oxygens (including phenoxy) is 2. The maximum Gasteiger partial charge on any atom is 0.153 e. The fraction of sp³-hybridized carbons (Fsp3) is 0.875. The van der Waals surface area contributed by atoms with Crippen LogP contribution in [0.25, 0.3) is 0 Å². The van der Waals surface area contributed by atoms with Crippen molar-refractivity contribution < 1.29 is 9.47 Å². The monoisotopic (exact) mass is 157 g/mol. The zero-order chi connectivity index (χ0) is 8.74. The third-order valence-electron chi connectivity index (χ3n) is 1.48. The van der Waals surface area contributed by atoms with Crippen molar-refractivity contribution in [2.24, 2.45) is 0 Å². The Balaban J connectivity index is 3.81. The quantitative estimate of drug-likeness (QED) is 0.604. The van der Waals surface area contributed by atoms with E-state index in [1.54, 1.807) is 14.0 Å². The summed E-state index contributed by atoms with van der Waals surface area (Å²) in [6, 6.07) is 2.11. The van der Waals surface area contributed by atoms with Crippen LogP contribution in [0.1, 0.15) is 20.3 Å². The van der Waals surface area contributed by atoms with Crippen LogP contribution >= 0.6 is 0 Å². The van der Waals surface area contributed by atoms with E-state index in [1.807, 2.05) is 6.92 Å². The summed E-state index contributed by atoms with van der Waals surface area (Å²) in [5.41, 5.74) is -0.676. The third kappa shape index (κ3) is 3.97. The molecule has 1 atom stereocenters. The fourth-order valence-electron chi connectivity index (χ4n) is 0.776. The van der Waals surface area contributed by atoms with Crippen LogP contribution in [0.15, 0.2) is 0 Å². The van der Waals surface area contributed by atoms with Gasteiger partial charge in [0.15, 0.2) is 5.60 Å². The molecule has 0 fully saturated rings. The van der Waals surface area contributed by atoms with Gasteiger partial charge in [-0.05, 0) is 13.8 Å². The second-order valence-corrected chi connectivity index (χ2v) is 2.52. The third-order valence-corrected chi connectivity index (χ3v) is 1.48. The Kier molecular flexibility index (Phi) is 4.84. The molecular formula is C8H15NO2. The van der Waals surface area contributed by atoms with Crippen LogP contribution in [0.2, 0.25) is 0 Å². The maximum absolute atomic E-state index is 8.71. The molecule has 0 radical (unpaired) electrons. The van der Waals surface area contributed by atoms with Gasteiger partial charge in [-0.15, -0.1) is 0 Å². The molecule has 64 valence electrons. The van der Waals surface area contributed by atoms with Gasteiger partial charge in [-0.2, -0.15) is 5.26 Å². The van der Waals surface area contributed by atoms with Crippen molar-refractivity contribution >= 4 is 0 Å². The van der Waals surface area contributed by atoms with Gasteiger partial charge < -0.3 is 9.47 Å². The van der Waals surface area contributed by atoms with Crippen molar-refractivity contribution in [2.75, 3.05) is 20.3 Å². The minimum Gasteiger partial charge on any atom is -0.385 e. The van der Waals surface area contributed by atoms with E-state index in [9.17, 15) is 0 Å². The largest absolute Gasteiger partial charge is 0.385 e. The fourth-order valence-corrected chi connectivity index (χ4v) is 0.776. The first-order valence-electron chi connectivity index (χ1n) is 3.72. The summed E-state index contributed by atoms with van der Waals surface area (Å²) < 4.78 is 10.1. The number of hydrogen-bond donors (Lipinski definition) is 0. The Morgan fingerprint density at radius 2 is 2.18 bits per heavy atom. The van der Waals surface area contributed by atoms with E-state index in [0.717, 1.165) is 0 Å². The van der Waals surface area contributed by atoms with Crippen LogP contribution in [0.5, 0.6) is 0 Å². The highest BCUT2D eigenvalue weighted by atomic mass is 16.5. The van der Waals surface area contributed by atoms with Gasteiger partial charge in [0, 0.05) is 26.7 Å². The zero-order valence-corrected chi connectivity index (χ0v) is 7.39. The SMILES string of the molecule is CCOC(C)(C#N)CCOC. The lowest BCUT2D eigenvalue weighted by Gasteiger charge is -2.20. The summed E-state index contributed by atoms with van der Waals surface area (Å²) in [4.78, 5) is 0. The Hall–Kier alpha value is -0.590. The minimum atomic E-state index is -0.676. The molecule has 0 aliphatic carbocycles. The van der Waals surface area contributed by atoms with Crippen LogP contribution in [0.3, 0.4) is 0 Å². The predicted octanol–water partition coefficient (Wildman–Crippen LogP) is 1.34. The molecule has 0 amide bonds. The molecule has 0 bridgehead atoms. The molecule has 0 N–H and O–H groups in total.